The maximum atomic E-state index is 11.6. The van der Waals surface area contributed by atoms with Gasteiger partial charge in [0.05, 0.1) is 11.6 Å². The Kier molecular flexibility index (Phi) is 2.95. The molecule has 0 saturated heterocycles. The standard InChI is InChI=1S/C11H4N4O5/c12-3-5-9(6(4-13)11(17)14-10(5)16)7-1-2-8(20-7)15(18)19/h1-2H,(H2,14,16,17). The van der Waals surface area contributed by atoms with Crippen LogP contribution in [0, 0.1) is 32.8 Å². The second-order valence-electron chi connectivity index (χ2n) is 3.55. The molecule has 0 bridgehead atoms. The molecular weight excluding hydrogens is 268 g/mol. The zero-order valence-electron chi connectivity index (χ0n) is 9.58. The number of aromatic hydroxyl groups is 1. The SMILES string of the molecule is N#Cc1c(O)[nH]c(=O)c(C#N)c1-c1ccc([N+](=O)[O-])o1. The predicted molar refractivity (Wildman–Crippen MR) is 62.5 cm³/mol. The summed E-state index contributed by atoms with van der Waals surface area (Å²) in [4.78, 5) is 23.2. The number of nitrogens with zero attached hydrogens (tertiary/aromatic N) is 3. The van der Waals surface area contributed by atoms with E-state index in [-0.39, 0.29) is 11.3 Å². The molecule has 2 N–H and O–H groups in total. The van der Waals surface area contributed by atoms with Crippen molar-refractivity contribution in [1.82, 2.24) is 4.98 Å². The Morgan fingerprint density at radius 1 is 1.30 bits per heavy atom. The molecule has 0 unspecified atom stereocenters. The molecule has 0 aliphatic carbocycles. The molecule has 9 heteroatoms. The van der Waals surface area contributed by atoms with Gasteiger partial charge in [-0.1, -0.05) is 0 Å². The highest BCUT2D eigenvalue weighted by atomic mass is 16.6. The molecule has 20 heavy (non-hydrogen) atoms. The first-order valence-electron chi connectivity index (χ1n) is 5.03. The molecule has 2 heterocycles. The normalized spacial score (nSPS) is 9.70. The fraction of sp³-hybridized carbons (Fsp3) is 0. The van der Waals surface area contributed by atoms with Crippen molar-refractivity contribution < 1.29 is 14.4 Å². The van der Waals surface area contributed by atoms with Gasteiger partial charge in [0.15, 0.2) is 0 Å². The quantitative estimate of drug-likeness (QED) is 0.609. The van der Waals surface area contributed by atoms with Gasteiger partial charge in [-0.05, 0) is 6.07 Å². The summed E-state index contributed by atoms with van der Waals surface area (Å²) < 4.78 is 4.86. The van der Waals surface area contributed by atoms with Crippen molar-refractivity contribution in [3.8, 4) is 29.3 Å². The van der Waals surface area contributed by atoms with Gasteiger partial charge < -0.3 is 9.52 Å². The first kappa shape index (κ1) is 12.9. The molecule has 0 atom stereocenters. The number of aromatic amines is 1. The average Bonchev–Trinajstić information content (AvgIpc) is 2.87. The van der Waals surface area contributed by atoms with Crippen LogP contribution < -0.4 is 5.56 Å². The molecule has 0 radical (unpaired) electrons. The minimum Gasteiger partial charge on any atom is -0.494 e. The molecule has 0 aromatic carbocycles. The van der Waals surface area contributed by atoms with E-state index in [4.69, 9.17) is 14.9 Å². The third kappa shape index (κ3) is 1.85. The number of furan rings is 1. The van der Waals surface area contributed by atoms with E-state index in [1.807, 2.05) is 4.98 Å². The van der Waals surface area contributed by atoms with Gasteiger partial charge in [0.25, 0.3) is 5.56 Å². The summed E-state index contributed by atoms with van der Waals surface area (Å²) in [5.74, 6) is -1.59. The van der Waals surface area contributed by atoms with E-state index >= 15 is 0 Å². The van der Waals surface area contributed by atoms with Crippen molar-refractivity contribution in [2.75, 3.05) is 0 Å². The van der Waals surface area contributed by atoms with Gasteiger partial charge in [-0.3, -0.25) is 19.9 Å². The molecule has 2 aromatic rings. The summed E-state index contributed by atoms with van der Waals surface area (Å²) >= 11 is 0. The van der Waals surface area contributed by atoms with Crippen molar-refractivity contribution in [3.05, 3.63) is 43.7 Å². The Morgan fingerprint density at radius 3 is 2.45 bits per heavy atom. The van der Waals surface area contributed by atoms with Crippen LogP contribution in [0.15, 0.2) is 21.3 Å². The monoisotopic (exact) mass is 272 g/mol. The number of hydrogen-bond donors (Lipinski definition) is 2. The van der Waals surface area contributed by atoms with Crippen LogP contribution in [-0.4, -0.2) is 15.0 Å². The van der Waals surface area contributed by atoms with Crippen molar-refractivity contribution in [2.24, 2.45) is 0 Å². The second kappa shape index (κ2) is 4.59. The molecule has 2 rings (SSSR count). The number of pyridine rings is 1. The van der Waals surface area contributed by atoms with E-state index in [2.05, 4.69) is 0 Å². The topological polar surface area (TPSA) is 157 Å². The van der Waals surface area contributed by atoms with Crippen molar-refractivity contribution in [3.63, 3.8) is 0 Å². The van der Waals surface area contributed by atoms with Gasteiger partial charge in [-0.2, -0.15) is 10.5 Å². The highest BCUT2D eigenvalue weighted by molar-refractivity contribution is 5.75. The number of hydrogen-bond acceptors (Lipinski definition) is 7. The van der Waals surface area contributed by atoms with Crippen LogP contribution in [0.1, 0.15) is 11.1 Å². The molecule has 0 fully saturated rings. The van der Waals surface area contributed by atoms with Gasteiger partial charge in [0.1, 0.15) is 33.9 Å². The zero-order valence-corrected chi connectivity index (χ0v) is 9.58. The van der Waals surface area contributed by atoms with Crippen molar-refractivity contribution in [2.45, 2.75) is 0 Å². The van der Waals surface area contributed by atoms with E-state index in [0.717, 1.165) is 12.1 Å². The fourth-order valence-corrected chi connectivity index (χ4v) is 1.61. The molecule has 0 saturated carbocycles. The van der Waals surface area contributed by atoms with E-state index in [1.165, 1.54) is 0 Å². The van der Waals surface area contributed by atoms with Crippen LogP contribution in [0.25, 0.3) is 11.3 Å². The fourth-order valence-electron chi connectivity index (χ4n) is 1.61. The lowest BCUT2D eigenvalue weighted by molar-refractivity contribution is -0.401. The van der Waals surface area contributed by atoms with Gasteiger partial charge in [-0.15, -0.1) is 0 Å². The van der Waals surface area contributed by atoms with E-state index < -0.39 is 33.4 Å². The summed E-state index contributed by atoms with van der Waals surface area (Å²) in [6, 6.07) is 5.31. The van der Waals surface area contributed by atoms with E-state index in [9.17, 15) is 20.0 Å². The predicted octanol–water partition coefficient (Wildman–Crippen LogP) is 0.992. The largest absolute Gasteiger partial charge is 0.494 e. The lowest BCUT2D eigenvalue weighted by atomic mass is 10.0. The van der Waals surface area contributed by atoms with Crippen LogP contribution >= 0.6 is 0 Å². The summed E-state index contributed by atoms with van der Waals surface area (Å²) in [5, 5.41) is 38.0. The maximum absolute atomic E-state index is 11.6. The third-order valence-electron chi connectivity index (χ3n) is 2.44. The number of nitriles is 2. The second-order valence-corrected chi connectivity index (χ2v) is 3.55. The highest BCUT2D eigenvalue weighted by Gasteiger charge is 2.23. The van der Waals surface area contributed by atoms with E-state index in [1.54, 1.807) is 12.1 Å². The highest BCUT2D eigenvalue weighted by Crippen LogP contribution is 2.32. The minimum absolute atomic E-state index is 0.230. The number of rotatable bonds is 2. The molecule has 0 amide bonds. The Labute approximate surface area is 110 Å². The first-order valence-corrected chi connectivity index (χ1v) is 5.03. The van der Waals surface area contributed by atoms with Crippen LogP contribution in [0.4, 0.5) is 5.88 Å². The lowest BCUT2D eigenvalue weighted by Crippen LogP contribution is -2.13. The molecular formula is C11H4N4O5. The number of H-pyrrole nitrogens is 1. The zero-order chi connectivity index (χ0) is 14.9. The molecule has 0 aliphatic rings. The Bertz CT molecular complexity index is 849. The Morgan fingerprint density at radius 2 is 1.95 bits per heavy atom. The summed E-state index contributed by atoms with van der Waals surface area (Å²) in [6.07, 6.45) is 0. The lowest BCUT2D eigenvalue weighted by Gasteiger charge is -2.04. The first-order chi connectivity index (χ1) is 9.49. The Balaban J connectivity index is 2.85. The van der Waals surface area contributed by atoms with Gasteiger partial charge in [-0.25, -0.2) is 0 Å². The maximum Gasteiger partial charge on any atom is 0.433 e. The number of nitro groups is 1. The molecule has 0 aliphatic heterocycles. The number of aromatic nitrogens is 1. The molecule has 98 valence electrons. The van der Waals surface area contributed by atoms with Gasteiger partial charge >= 0.3 is 5.88 Å². The van der Waals surface area contributed by atoms with Crippen molar-refractivity contribution >= 4 is 5.88 Å². The van der Waals surface area contributed by atoms with Crippen molar-refractivity contribution in [1.29, 1.82) is 10.5 Å². The third-order valence-corrected chi connectivity index (χ3v) is 2.44. The van der Waals surface area contributed by atoms with E-state index in [0.29, 0.717) is 0 Å². The van der Waals surface area contributed by atoms with Gasteiger partial charge in [0.2, 0.25) is 5.88 Å². The Hall–Kier alpha value is -3.59. The average molecular weight is 272 g/mol. The smallest absolute Gasteiger partial charge is 0.433 e. The summed E-state index contributed by atoms with van der Waals surface area (Å²) in [5.41, 5.74) is -2.11. The van der Waals surface area contributed by atoms with Crippen LogP contribution in [0.2, 0.25) is 0 Å². The summed E-state index contributed by atoms with van der Waals surface area (Å²) in [6.45, 7) is 0. The van der Waals surface area contributed by atoms with Gasteiger partial charge in [0, 0.05) is 0 Å². The van der Waals surface area contributed by atoms with Crippen LogP contribution in [0.5, 0.6) is 5.88 Å². The molecule has 9 nitrogen and oxygen atoms in total. The minimum atomic E-state index is -0.932. The molecule has 2 aromatic heterocycles. The summed E-state index contributed by atoms with van der Waals surface area (Å²) in [7, 11) is 0. The van der Waals surface area contributed by atoms with Crippen LogP contribution in [-0.2, 0) is 0 Å². The van der Waals surface area contributed by atoms with Crippen LogP contribution in [0.3, 0.4) is 0 Å². The number of nitrogens with one attached hydrogen (secondary N) is 1. The molecule has 0 spiro atoms.